The van der Waals surface area contributed by atoms with E-state index in [1.165, 1.54) is 4.90 Å². The number of nitrogens with zero attached hydrogens (tertiary/aromatic N) is 3. The number of nitriles is 1. The number of rotatable bonds is 5. The molecule has 12 nitrogen and oxygen atoms in total. The number of urea groups is 1. The Kier molecular flexibility index (Phi) is 4.80. The maximum absolute atomic E-state index is 12.3. The van der Waals surface area contributed by atoms with E-state index in [0.717, 1.165) is 0 Å². The Labute approximate surface area is 143 Å². The molecule has 0 spiro atoms. The van der Waals surface area contributed by atoms with Crippen LogP contribution in [0.4, 0.5) is 4.79 Å². The fraction of sp³-hybridized carbons (Fsp3) is 0.750. The molecular formula is C12H17N5O7S. The number of hydrogen-bond donors (Lipinski definition) is 3. The summed E-state index contributed by atoms with van der Waals surface area (Å²) in [6.45, 7) is 0.526. The quantitative estimate of drug-likeness (QED) is 0.375. The van der Waals surface area contributed by atoms with Gasteiger partial charge in [-0.05, 0) is 12.8 Å². The van der Waals surface area contributed by atoms with Crippen molar-refractivity contribution in [3.05, 3.63) is 0 Å². The standard InChI is InChI=1S/C12H17N5O7S/c13-4-7-3-9(5-14-7)23-15-11(18)10-2-1-8-6-16(10)12(19)17(8)24-25(20,21)22/h7-10,14H,1-3,5-6H2,(H,15,18)(H,20,21,22)/t7-,8-,9-,10+/m1/s1. The summed E-state index contributed by atoms with van der Waals surface area (Å²) in [6.07, 6.45) is 0.707. The molecule has 25 heavy (non-hydrogen) atoms. The minimum absolute atomic E-state index is 0.105. The highest BCUT2D eigenvalue weighted by molar-refractivity contribution is 7.80. The topological polar surface area (TPSA) is 161 Å². The van der Waals surface area contributed by atoms with Gasteiger partial charge in [0.15, 0.2) is 0 Å². The molecule has 3 N–H and O–H groups in total. The minimum Gasteiger partial charge on any atom is -0.309 e. The largest absolute Gasteiger partial charge is 0.418 e. The molecule has 0 aromatic rings. The van der Waals surface area contributed by atoms with Crippen molar-refractivity contribution in [2.24, 2.45) is 0 Å². The highest BCUT2D eigenvalue weighted by Gasteiger charge is 2.49. The molecule has 3 rings (SSSR count). The normalized spacial score (nSPS) is 31.9. The zero-order chi connectivity index (χ0) is 18.2. The third kappa shape index (κ3) is 3.83. The molecular weight excluding hydrogens is 358 g/mol. The molecule has 0 aromatic heterocycles. The van der Waals surface area contributed by atoms with Crippen LogP contribution in [0.2, 0.25) is 0 Å². The van der Waals surface area contributed by atoms with Gasteiger partial charge >= 0.3 is 16.4 Å². The third-order valence-corrected chi connectivity index (χ3v) is 4.72. The lowest BCUT2D eigenvalue weighted by molar-refractivity contribution is -0.142. The maximum Gasteiger partial charge on any atom is 0.418 e. The van der Waals surface area contributed by atoms with E-state index in [2.05, 4.69) is 21.1 Å². The maximum atomic E-state index is 12.3. The Balaban J connectivity index is 1.56. The lowest BCUT2D eigenvalue weighted by Gasteiger charge is -2.29. The van der Waals surface area contributed by atoms with Crippen LogP contribution < -0.4 is 10.8 Å². The van der Waals surface area contributed by atoms with Gasteiger partial charge in [0, 0.05) is 19.5 Å². The second kappa shape index (κ2) is 6.73. The summed E-state index contributed by atoms with van der Waals surface area (Å²) in [7, 11) is -4.83. The third-order valence-electron chi connectivity index (χ3n) is 4.37. The molecule has 3 fully saturated rings. The van der Waals surface area contributed by atoms with E-state index in [9.17, 15) is 18.0 Å². The Bertz CT molecular complexity index is 707. The Morgan fingerprint density at radius 1 is 1.44 bits per heavy atom. The number of nitrogens with one attached hydrogen (secondary N) is 2. The smallest absolute Gasteiger partial charge is 0.309 e. The molecule has 13 heteroatoms. The highest BCUT2D eigenvalue weighted by atomic mass is 32.3. The second-order valence-electron chi connectivity index (χ2n) is 6.04. The van der Waals surface area contributed by atoms with Crippen molar-refractivity contribution in [3.63, 3.8) is 0 Å². The summed E-state index contributed by atoms with van der Waals surface area (Å²) in [4.78, 5) is 30.9. The SMILES string of the molecule is N#C[C@H]1C[C@@H](ONC(=O)[C@@H]2CC[C@@H]3CN2C(=O)N3OS(=O)(=O)O)CN1. The van der Waals surface area contributed by atoms with Crippen LogP contribution in [0.15, 0.2) is 0 Å². The number of carbonyl (C=O) groups is 2. The molecule has 3 aliphatic rings. The summed E-state index contributed by atoms with van der Waals surface area (Å²) in [5, 5.41) is 12.3. The van der Waals surface area contributed by atoms with Crippen molar-refractivity contribution in [3.8, 4) is 6.07 Å². The van der Waals surface area contributed by atoms with Gasteiger partial charge in [0.25, 0.3) is 5.91 Å². The zero-order valence-corrected chi connectivity index (χ0v) is 13.8. The molecule has 3 heterocycles. The molecule has 0 aromatic carbocycles. The summed E-state index contributed by atoms with van der Waals surface area (Å²) >= 11 is 0. The Hall–Kier alpha value is -1.98. The lowest BCUT2D eigenvalue weighted by Crippen LogP contribution is -2.50. The van der Waals surface area contributed by atoms with Crippen molar-refractivity contribution >= 4 is 22.3 Å². The van der Waals surface area contributed by atoms with E-state index in [1.807, 2.05) is 0 Å². The van der Waals surface area contributed by atoms with Crippen molar-refractivity contribution in [1.29, 1.82) is 5.26 Å². The van der Waals surface area contributed by atoms with E-state index < -0.39 is 34.4 Å². The summed E-state index contributed by atoms with van der Waals surface area (Å²) in [6, 6.07) is -0.486. The predicted molar refractivity (Wildman–Crippen MR) is 78.4 cm³/mol. The predicted octanol–water partition coefficient (Wildman–Crippen LogP) is -1.71. The molecule has 0 unspecified atom stereocenters. The summed E-state index contributed by atoms with van der Waals surface area (Å²) < 4.78 is 34.7. The first-order valence-corrected chi connectivity index (χ1v) is 9.00. The number of hydrogen-bond acceptors (Lipinski definition) is 8. The molecule has 138 valence electrons. The lowest BCUT2D eigenvalue weighted by atomic mass is 10.0. The fourth-order valence-electron chi connectivity index (χ4n) is 3.20. The second-order valence-corrected chi connectivity index (χ2v) is 7.05. The molecule has 0 saturated carbocycles. The molecule has 3 aliphatic heterocycles. The van der Waals surface area contributed by atoms with E-state index in [0.29, 0.717) is 30.9 Å². The van der Waals surface area contributed by atoms with Gasteiger partial charge < -0.3 is 4.90 Å². The van der Waals surface area contributed by atoms with Crippen LogP contribution in [0.1, 0.15) is 19.3 Å². The van der Waals surface area contributed by atoms with Gasteiger partial charge in [0.1, 0.15) is 12.1 Å². The van der Waals surface area contributed by atoms with Crippen LogP contribution in [0.25, 0.3) is 0 Å². The molecule has 0 radical (unpaired) electrons. The minimum atomic E-state index is -4.83. The number of hydroxylamine groups is 3. The molecule has 4 atom stereocenters. The molecule has 3 amide bonds. The van der Waals surface area contributed by atoms with Gasteiger partial charge in [-0.3, -0.25) is 19.5 Å². The summed E-state index contributed by atoms with van der Waals surface area (Å²) in [5.74, 6) is -0.541. The Morgan fingerprint density at radius 3 is 2.84 bits per heavy atom. The van der Waals surface area contributed by atoms with Gasteiger partial charge in [0.05, 0.1) is 18.2 Å². The zero-order valence-electron chi connectivity index (χ0n) is 13.0. The highest BCUT2D eigenvalue weighted by Crippen LogP contribution is 2.30. The van der Waals surface area contributed by atoms with Crippen LogP contribution in [-0.2, 0) is 24.3 Å². The van der Waals surface area contributed by atoms with Gasteiger partial charge in [0.2, 0.25) is 0 Å². The van der Waals surface area contributed by atoms with Gasteiger partial charge in [-0.1, -0.05) is 0 Å². The average molecular weight is 375 g/mol. The molecule has 3 saturated heterocycles. The van der Waals surface area contributed by atoms with Crippen LogP contribution in [0.3, 0.4) is 0 Å². The van der Waals surface area contributed by atoms with E-state index >= 15 is 0 Å². The van der Waals surface area contributed by atoms with Crippen molar-refractivity contribution < 1.29 is 31.7 Å². The van der Waals surface area contributed by atoms with Crippen LogP contribution in [0, 0.1) is 11.3 Å². The number of amides is 3. The van der Waals surface area contributed by atoms with E-state index in [1.54, 1.807) is 0 Å². The van der Waals surface area contributed by atoms with E-state index in [-0.39, 0.29) is 18.7 Å². The monoisotopic (exact) mass is 375 g/mol. The summed E-state index contributed by atoms with van der Waals surface area (Å²) in [5.41, 5.74) is 2.30. The first-order valence-electron chi connectivity index (χ1n) is 7.64. The molecule has 0 aliphatic carbocycles. The van der Waals surface area contributed by atoms with Crippen molar-refractivity contribution in [1.82, 2.24) is 20.8 Å². The van der Waals surface area contributed by atoms with Gasteiger partial charge in [-0.2, -0.15) is 18.7 Å². The van der Waals surface area contributed by atoms with Crippen LogP contribution in [-0.4, -0.2) is 72.2 Å². The first kappa shape index (κ1) is 17.8. The number of piperidine rings is 1. The van der Waals surface area contributed by atoms with Crippen molar-refractivity contribution in [2.45, 2.75) is 43.5 Å². The molecule has 2 bridgehead atoms. The van der Waals surface area contributed by atoms with Crippen molar-refractivity contribution in [2.75, 3.05) is 13.1 Å². The average Bonchev–Trinajstić information content (AvgIpc) is 3.11. The van der Waals surface area contributed by atoms with E-state index in [4.69, 9.17) is 14.7 Å². The van der Waals surface area contributed by atoms with Crippen LogP contribution >= 0.6 is 0 Å². The first-order chi connectivity index (χ1) is 11.8. The van der Waals surface area contributed by atoms with Gasteiger partial charge in [-0.15, -0.1) is 4.28 Å². The fourth-order valence-corrected chi connectivity index (χ4v) is 3.59. The van der Waals surface area contributed by atoms with Gasteiger partial charge in [-0.25, -0.2) is 10.3 Å². The van der Waals surface area contributed by atoms with Crippen LogP contribution in [0.5, 0.6) is 0 Å². The Morgan fingerprint density at radius 2 is 2.20 bits per heavy atom. The number of fused-ring (bicyclic) bond motifs is 2. The number of carbonyl (C=O) groups excluding carboxylic acids is 2.